The van der Waals surface area contributed by atoms with Crippen LogP contribution in [-0.4, -0.2) is 45.4 Å². The molecule has 0 aliphatic carbocycles. The molecule has 0 aliphatic rings. The lowest BCUT2D eigenvalue weighted by molar-refractivity contribution is -0.137. The molecule has 0 aromatic heterocycles. The average molecular weight is 475 g/mol. The van der Waals surface area contributed by atoms with Crippen molar-refractivity contribution < 1.29 is 22.6 Å². The smallest absolute Gasteiger partial charge is 0.416 e. The van der Waals surface area contributed by atoms with E-state index < -0.39 is 11.7 Å². The van der Waals surface area contributed by atoms with Crippen LogP contribution in [0.1, 0.15) is 19.4 Å². The number of nitrogens with one attached hydrogen (secondary N) is 2. The van der Waals surface area contributed by atoms with Crippen LogP contribution in [0.3, 0.4) is 0 Å². The van der Waals surface area contributed by atoms with Gasteiger partial charge in [0, 0.05) is 20.7 Å². The first kappa shape index (κ1) is 23.8. The maximum atomic E-state index is 12.5. The van der Waals surface area contributed by atoms with Gasteiger partial charge in [-0.1, -0.05) is 0 Å². The van der Waals surface area contributed by atoms with E-state index in [1.807, 2.05) is 13.8 Å². The zero-order valence-corrected chi connectivity index (χ0v) is 17.1. The van der Waals surface area contributed by atoms with Gasteiger partial charge in [0.05, 0.1) is 17.7 Å². The number of methoxy groups -OCH3 is 1. The molecule has 0 saturated heterocycles. The van der Waals surface area contributed by atoms with Crippen molar-refractivity contribution in [2.24, 2.45) is 4.99 Å². The van der Waals surface area contributed by atoms with Crippen molar-refractivity contribution in [2.45, 2.75) is 25.6 Å². The predicted octanol–water partition coefficient (Wildman–Crippen LogP) is 3.29. The van der Waals surface area contributed by atoms with Crippen LogP contribution in [0.5, 0.6) is 5.75 Å². The molecule has 1 rings (SSSR count). The Morgan fingerprint density at radius 2 is 1.72 bits per heavy atom. The molecule has 0 saturated carbocycles. The number of guanidine groups is 1. The molecule has 1 aromatic rings. The van der Waals surface area contributed by atoms with Crippen molar-refractivity contribution in [1.29, 1.82) is 0 Å². The summed E-state index contributed by atoms with van der Waals surface area (Å²) in [5.41, 5.74) is -1.02. The Morgan fingerprint density at radius 1 is 1.12 bits per heavy atom. The molecule has 0 fully saturated rings. The molecule has 5 nitrogen and oxygen atoms in total. The molecule has 0 bridgehead atoms. The molecule has 0 amide bonds. The van der Waals surface area contributed by atoms with Gasteiger partial charge in [-0.2, -0.15) is 13.2 Å². The molecular weight excluding hydrogens is 450 g/mol. The highest BCUT2D eigenvalue weighted by atomic mass is 127. The number of hydrogen-bond donors (Lipinski definition) is 2. The second-order valence-corrected chi connectivity index (χ2v) is 5.69. The monoisotopic (exact) mass is 475 g/mol. The first-order valence-electron chi connectivity index (χ1n) is 7.47. The van der Waals surface area contributed by atoms with Crippen LogP contribution in [-0.2, 0) is 10.9 Å². The number of benzene rings is 1. The van der Waals surface area contributed by atoms with Crippen molar-refractivity contribution >= 4 is 29.9 Å². The van der Waals surface area contributed by atoms with E-state index in [0.29, 0.717) is 31.4 Å². The lowest BCUT2D eigenvalue weighted by Gasteiger charge is -2.24. The number of aliphatic imine (C=N–C) groups is 1. The van der Waals surface area contributed by atoms with Gasteiger partial charge < -0.3 is 20.1 Å². The summed E-state index contributed by atoms with van der Waals surface area (Å²) in [6.07, 6.45) is -4.34. The third kappa shape index (κ3) is 9.15. The molecule has 9 heteroatoms. The van der Waals surface area contributed by atoms with Gasteiger partial charge in [-0.15, -0.1) is 24.0 Å². The normalized spacial score (nSPS) is 12.4. The van der Waals surface area contributed by atoms with Crippen LogP contribution in [0.15, 0.2) is 29.3 Å². The lowest BCUT2D eigenvalue weighted by Crippen LogP contribution is -2.46. The fourth-order valence-electron chi connectivity index (χ4n) is 1.67. The summed E-state index contributed by atoms with van der Waals surface area (Å²) in [5.74, 6) is 0.976. The molecule has 144 valence electrons. The van der Waals surface area contributed by atoms with E-state index in [1.165, 1.54) is 12.1 Å². The van der Waals surface area contributed by atoms with Crippen LogP contribution in [0.2, 0.25) is 0 Å². The molecular formula is C16H25F3IN3O2. The second-order valence-electron chi connectivity index (χ2n) is 5.69. The summed E-state index contributed by atoms with van der Waals surface area (Å²) < 4.78 is 48.1. The Balaban J connectivity index is 0.00000576. The second kappa shape index (κ2) is 10.7. The number of hydrogen-bond acceptors (Lipinski definition) is 3. The summed E-state index contributed by atoms with van der Waals surface area (Å²) in [6.45, 7) is 5.21. The molecule has 0 spiro atoms. The van der Waals surface area contributed by atoms with Crippen LogP contribution < -0.4 is 15.4 Å². The lowest BCUT2D eigenvalue weighted by atomic mass is 10.1. The summed E-state index contributed by atoms with van der Waals surface area (Å²) in [4.78, 5) is 4.07. The first-order chi connectivity index (χ1) is 11.2. The third-order valence-electron chi connectivity index (χ3n) is 3.30. The van der Waals surface area contributed by atoms with Gasteiger partial charge >= 0.3 is 6.18 Å². The molecule has 0 atom stereocenters. The summed E-state index contributed by atoms with van der Waals surface area (Å²) >= 11 is 0. The maximum Gasteiger partial charge on any atom is 0.416 e. The van der Waals surface area contributed by atoms with E-state index in [0.717, 1.165) is 12.1 Å². The summed E-state index contributed by atoms with van der Waals surface area (Å²) in [6, 6.07) is 4.60. The molecule has 25 heavy (non-hydrogen) atoms. The molecule has 0 heterocycles. The zero-order valence-electron chi connectivity index (χ0n) is 14.7. The molecule has 0 unspecified atom stereocenters. The van der Waals surface area contributed by atoms with Gasteiger partial charge in [-0.25, -0.2) is 0 Å². The Bertz CT molecular complexity index is 534. The minimum atomic E-state index is -4.34. The van der Waals surface area contributed by atoms with E-state index in [2.05, 4.69) is 15.6 Å². The largest absolute Gasteiger partial charge is 0.492 e. The van der Waals surface area contributed by atoms with Crippen LogP contribution in [0, 0.1) is 0 Å². The highest BCUT2D eigenvalue weighted by Crippen LogP contribution is 2.30. The Morgan fingerprint density at radius 3 is 2.20 bits per heavy atom. The fraction of sp³-hybridized carbons (Fsp3) is 0.562. The van der Waals surface area contributed by atoms with Gasteiger partial charge in [0.15, 0.2) is 5.96 Å². The van der Waals surface area contributed by atoms with Gasteiger partial charge in [0.25, 0.3) is 0 Å². The number of ether oxygens (including phenoxy) is 2. The van der Waals surface area contributed by atoms with E-state index in [4.69, 9.17) is 9.47 Å². The molecule has 0 radical (unpaired) electrons. The average Bonchev–Trinajstić information content (AvgIpc) is 2.54. The summed E-state index contributed by atoms with van der Waals surface area (Å²) in [7, 11) is 3.28. The minimum Gasteiger partial charge on any atom is -0.492 e. The van der Waals surface area contributed by atoms with E-state index in [-0.39, 0.29) is 29.6 Å². The molecule has 0 aliphatic heterocycles. The van der Waals surface area contributed by atoms with Crippen molar-refractivity contribution in [3.63, 3.8) is 0 Å². The predicted molar refractivity (Wildman–Crippen MR) is 103 cm³/mol. The summed E-state index contributed by atoms with van der Waals surface area (Å²) in [5, 5.41) is 6.17. The highest BCUT2D eigenvalue weighted by molar-refractivity contribution is 14.0. The van der Waals surface area contributed by atoms with Gasteiger partial charge in [-0.05, 0) is 38.1 Å². The van der Waals surface area contributed by atoms with Gasteiger partial charge in [0.2, 0.25) is 0 Å². The Labute approximate surface area is 163 Å². The van der Waals surface area contributed by atoms with Crippen molar-refractivity contribution in [2.75, 3.05) is 33.9 Å². The minimum absolute atomic E-state index is 0. The van der Waals surface area contributed by atoms with Gasteiger partial charge in [-0.3, -0.25) is 4.99 Å². The number of rotatable bonds is 7. The van der Waals surface area contributed by atoms with E-state index >= 15 is 0 Å². The van der Waals surface area contributed by atoms with E-state index in [9.17, 15) is 13.2 Å². The fourth-order valence-corrected chi connectivity index (χ4v) is 1.67. The number of halogens is 4. The maximum absolute atomic E-state index is 12.5. The molecule has 1 aromatic carbocycles. The van der Waals surface area contributed by atoms with Crippen LogP contribution in [0.25, 0.3) is 0 Å². The SMILES string of the molecule is CN=C(NCCOc1ccc(C(F)(F)F)cc1)NCC(C)(C)OC.I. The Kier molecular flexibility index (Phi) is 10.2. The van der Waals surface area contributed by atoms with Gasteiger partial charge in [0.1, 0.15) is 12.4 Å². The third-order valence-corrected chi connectivity index (χ3v) is 3.30. The van der Waals surface area contributed by atoms with Crippen molar-refractivity contribution in [1.82, 2.24) is 10.6 Å². The quantitative estimate of drug-likeness (QED) is 0.275. The van der Waals surface area contributed by atoms with Crippen LogP contribution in [0.4, 0.5) is 13.2 Å². The number of nitrogens with zero attached hydrogens (tertiary/aromatic N) is 1. The first-order valence-corrected chi connectivity index (χ1v) is 7.47. The Hall–Kier alpha value is -1.23. The van der Waals surface area contributed by atoms with E-state index in [1.54, 1.807) is 14.2 Å². The van der Waals surface area contributed by atoms with Crippen molar-refractivity contribution in [3.8, 4) is 5.75 Å². The highest BCUT2D eigenvalue weighted by Gasteiger charge is 2.29. The standard InChI is InChI=1S/C16H24F3N3O2.HI/c1-15(2,23-4)11-22-14(20-3)21-9-10-24-13-7-5-12(6-8-13)16(17,18)19;/h5-8H,9-11H2,1-4H3,(H2,20,21,22);1H. The van der Waals surface area contributed by atoms with Crippen LogP contribution >= 0.6 is 24.0 Å². The molecule has 2 N–H and O–H groups in total. The number of alkyl halides is 3. The van der Waals surface area contributed by atoms with Crippen molar-refractivity contribution in [3.05, 3.63) is 29.8 Å². The topological polar surface area (TPSA) is 54.9 Å². The zero-order chi connectivity index (χ0) is 18.2.